The zero-order chi connectivity index (χ0) is 37.1. The highest BCUT2D eigenvalue weighted by Crippen LogP contribution is 2.44. The van der Waals surface area contributed by atoms with Crippen LogP contribution in [0.5, 0.6) is 0 Å². The Bertz CT molecular complexity index is 2270. The smallest absolute Gasteiger partial charge is 0.407 e. The lowest BCUT2D eigenvalue weighted by molar-refractivity contribution is -0.161. The molecule has 22 heteroatoms. The first-order chi connectivity index (χ1) is 23.1. The maximum atomic E-state index is 14.2. The summed E-state index contributed by atoms with van der Waals surface area (Å²) in [5.74, 6) is -4.04. The van der Waals surface area contributed by atoms with Crippen LogP contribution in [0.25, 0.3) is 32.7 Å². The summed E-state index contributed by atoms with van der Waals surface area (Å²) in [5.41, 5.74) is -12.3. The molecule has 2 aromatic heterocycles. The van der Waals surface area contributed by atoms with Gasteiger partial charge in [-0.25, -0.2) is 0 Å². The number of fused-ring (bicyclic) bond motifs is 2. The minimum Gasteiger partial charge on any atom is -0.407 e. The van der Waals surface area contributed by atoms with E-state index in [1.165, 1.54) is 24.3 Å². The summed E-state index contributed by atoms with van der Waals surface area (Å²) < 4.78 is 180. The Balaban J connectivity index is 2.34. The maximum Gasteiger partial charge on any atom is 0.417 e. The van der Waals surface area contributed by atoms with E-state index in [1.807, 2.05) is 0 Å². The van der Waals surface area contributed by atoms with Gasteiger partial charge < -0.3 is 8.83 Å². The van der Waals surface area contributed by atoms with Crippen molar-refractivity contribution in [1.29, 1.82) is 21.0 Å². The molecule has 0 radical (unpaired) electrons. The average molecular weight is 712 g/mol. The number of alkyl halides is 12. The molecule has 252 valence electrons. The van der Waals surface area contributed by atoms with Crippen molar-refractivity contribution in [3.63, 3.8) is 0 Å². The summed E-state index contributed by atoms with van der Waals surface area (Å²) in [5, 5.41) is 44.1. The van der Waals surface area contributed by atoms with Crippen LogP contribution in [0.15, 0.2) is 33.1 Å². The first kappa shape index (κ1) is 34.6. The Morgan fingerprint density at radius 2 is 0.720 bits per heavy atom. The third kappa shape index (κ3) is 5.83. The number of nitrogens with zero attached hydrogens (tertiary/aromatic N) is 8. The van der Waals surface area contributed by atoms with Crippen molar-refractivity contribution < 1.29 is 61.5 Å². The van der Waals surface area contributed by atoms with Gasteiger partial charge in [-0.15, -0.1) is 10.2 Å². The number of hydrogen-bond acceptors (Lipinski definition) is 10. The Kier molecular flexibility index (Phi) is 7.96. The molecule has 0 unspecified atom stereocenters. The molecule has 0 bridgehead atoms. The highest BCUT2D eigenvalue weighted by molar-refractivity contribution is 6.06. The Morgan fingerprint density at radius 1 is 0.460 bits per heavy atom. The lowest BCUT2D eigenvalue weighted by Gasteiger charge is -2.20. The quantitative estimate of drug-likeness (QED) is 0.156. The van der Waals surface area contributed by atoms with Crippen molar-refractivity contribution in [3.05, 3.63) is 80.5 Å². The first-order valence-corrected chi connectivity index (χ1v) is 12.6. The van der Waals surface area contributed by atoms with Gasteiger partial charge in [-0.3, -0.25) is 0 Å². The van der Waals surface area contributed by atoms with E-state index in [0.717, 1.165) is 0 Å². The van der Waals surface area contributed by atoms with Crippen LogP contribution in [0.2, 0.25) is 0 Å². The van der Waals surface area contributed by atoms with E-state index in [-0.39, 0.29) is 24.3 Å². The van der Waals surface area contributed by atoms with E-state index in [9.17, 15) is 63.2 Å². The molecule has 5 aromatic rings. The molecule has 0 aliphatic heterocycles. The number of rotatable bonds is 2. The Hall–Kier alpha value is -6.68. The number of benzene rings is 3. The van der Waals surface area contributed by atoms with Crippen LogP contribution >= 0.6 is 0 Å². The molecule has 0 aliphatic rings. The third-order valence-electron chi connectivity index (χ3n) is 6.81. The molecule has 5 rings (SSSR count). The predicted octanol–water partition coefficient (Wildman–Crippen LogP) is 6.02. The van der Waals surface area contributed by atoms with Crippen LogP contribution < -0.4 is 10.4 Å². The molecular formula is C28H4F12N8O2. The monoisotopic (exact) mass is 712 g/mol. The fraction of sp³-hybridized carbons (Fsp3) is 0.143. The molecule has 0 N–H and O–H groups in total. The molecule has 0 aliphatic carbocycles. The van der Waals surface area contributed by atoms with Gasteiger partial charge in [-0.1, -0.05) is 10.2 Å². The van der Waals surface area contributed by atoms with E-state index in [1.54, 1.807) is 0 Å². The summed E-state index contributed by atoms with van der Waals surface area (Å²) in [6, 6.07) is 4.24. The van der Waals surface area contributed by atoms with E-state index in [0.29, 0.717) is 0 Å². The van der Waals surface area contributed by atoms with Gasteiger partial charge >= 0.3 is 36.5 Å². The number of nitriles is 4. The summed E-state index contributed by atoms with van der Waals surface area (Å²) in [6.45, 7) is 0. The van der Waals surface area contributed by atoms with Gasteiger partial charge in [-0.2, -0.15) is 73.7 Å². The van der Waals surface area contributed by atoms with Gasteiger partial charge in [0.25, 0.3) is 11.8 Å². The summed E-state index contributed by atoms with van der Waals surface area (Å²) in [7, 11) is 0. The second-order valence-corrected chi connectivity index (χ2v) is 9.65. The predicted molar refractivity (Wildman–Crippen MR) is 135 cm³/mol. The minimum absolute atomic E-state index is 0.260. The zero-order valence-corrected chi connectivity index (χ0v) is 23.2. The molecule has 50 heavy (non-hydrogen) atoms. The van der Waals surface area contributed by atoms with Crippen LogP contribution in [0.1, 0.15) is 45.8 Å². The lowest BCUT2D eigenvalue weighted by Crippen LogP contribution is -2.25. The Morgan fingerprint density at radius 3 is 0.900 bits per heavy atom. The highest BCUT2D eigenvalue weighted by atomic mass is 19.4. The van der Waals surface area contributed by atoms with Crippen molar-refractivity contribution >= 4 is 32.7 Å². The van der Waals surface area contributed by atoms with Crippen molar-refractivity contribution in [2.75, 3.05) is 0 Å². The number of hydrogen-bond donors (Lipinski definition) is 0. The second-order valence-electron chi connectivity index (χ2n) is 9.65. The van der Waals surface area contributed by atoms with Gasteiger partial charge in [0.05, 0.1) is 22.3 Å². The number of halogens is 12. The summed E-state index contributed by atoms with van der Waals surface area (Å²) >= 11 is 0. The molecule has 0 amide bonds. The molecular weight excluding hydrogens is 708 g/mol. The van der Waals surface area contributed by atoms with E-state index in [2.05, 4.69) is 20.4 Å². The number of aromatic nitrogens is 4. The zero-order valence-electron chi connectivity index (χ0n) is 23.2. The fourth-order valence-electron chi connectivity index (χ4n) is 4.95. The lowest BCUT2D eigenvalue weighted by atomic mass is 9.88. The topological polar surface area (TPSA) is 173 Å². The Labute approximate surface area is 265 Å². The molecule has 0 atom stereocenters. The molecule has 0 fully saturated rings. The molecule has 0 spiro atoms. The van der Waals surface area contributed by atoms with Crippen LogP contribution in [-0.2, 0) is 24.7 Å². The molecule has 2 heterocycles. The average Bonchev–Trinajstić information content (AvgIpc) is 3.70. The van der Waals surface area contributed by atoms with Crippen LogP contribution in [0, 0.1) is 45.3 Å². The van der Waals surface area contributed by atoms with Crippen LogP contribution in [0.3, 0.4) is 0 Å². The van der Waals surface area contributed by atoms with Gasteiger partial charge in [0.1, 0.15) is 23.3 Å². The molecule has 3 aromatic carbocycles. The summed E-state index contributed by atoms with van der Waals surface area (Å²) in [4.78, 5) is 0. The fourth-order valence-corrected chi connectivity index (χ4v) is 4.95. The van der Waals surface area contributed by atoms with E-state index < -0.39 is 114 Å². The van der Waals surface area contributed by atoms with E-state index in [4.69, 9.17) is 19.4 Å². The van der Waals surface area contributed by atoms with Crippen molar-refractivity contribution in [1.82, 2.24) is 20.4 Å². The summed E-state index contributed by atoms with van der Waals surface area (Å²) in [6.07, 6.45) is -23.5. The van der Waals surface area contributed by atoms with Gasteiger partial charge in [-0.05, 0) is 45.8 Å². The normalized spacial score (nSPS) is 12.3. The standard InChI is InChI=1S/C28H4F12N8O2/c29-25(30,31)15-1-9-10(2-16(15)26(32,33)34)22(14(6-42)24-48-46-20(8-44)50-24)12-4-18(28(38,39)40)17(27(35,36)37)3-11(12)21(9)13(5-41)23-47-45-19(7-43)49-23/h1-4H. The molecule has 10 nitrogen and oxygen atoms in total. The van der Waals surface area contributed by atoms with Crippen molar-refractivity contribution in [3.8, 4) is 24.3 Å². The largest absolute Gasteiger partial charge is 0.417 e. The van der Waals surface area contributed by atoms with Gasteiger partial charge in [0, 0.05) is 10.4 Å². The molecule has 0 saturated carbocycles. The van der Waals surface area contributed by atoms with Crippen molar-refractivity contribution in [2.45, 2.75) is 24.7 Å². The van der Waals surface area contributed by atoms with Gasteiger partial charge in [0.15, 0.2) is 12.1 Å². The SMILES string of the molecule is N#CC(c1nnc(C#N)o1)=c1c2cc(C(F)(F)F)c(C(F)(F)F)cc2c(=C(C#N)c2nnc(C#N)o2)c2cc(C(F)(F)F)c(C(F)(F)F)cc12. The first-order valence-electron chi connectivity index (χ1n) is 12.6. The maximum absolute atomic E-state index is 14.2. The van der Waals surface area contributed by atoms with Gasteiger partial charge in [0.2, 0.25) is 0 Å². The minimum atomic E-state index is -5.87. The second kappa shape index (κ2) is 11.5. The van der Waals surface area contributed by atoms with Crippen LogP contribution in [-0.4, -0.2) is 20.4 Å². The van der Waals surface area contributed by atoms with Crippen LogP contribution in [0.4, 0.5) is 52.7 Å². The van der Waals surface area contributed by atoms with E-state index >= 15 is 0 Å². The van der Waals surface area contributed by atoms with Crippen molar-refractivity contribution in [2.24, 2.45) is 0 Å². The molecule has 0 saturated heterocycles. The highest BCUT2D eigenvalue weighted by Gasteiger charge is 2.45. The third-order valence-corrected chi connectivity index (χ3v) is 6.81.